The first kappa shape index (κ1) is 13.5. The third-order valence-corrected chi connectivity index (χ3v) is 4.23. The zero-order valence-corrected chi connectivity index (χ0v) is 12.5. The number of rotatable bonds is 5. The van der Waals surface area contributed by atoms with Gasteiger partial charge in [0.25, 0.3) is 0 Å². The van der Waals surface area contributed by atoms with Crippen LogP contribution < -0.4 is 10.5 Å². The van der Waals surface area contributed by atoms with Gasteiger partial charge in [-0.3, -0.25) is 0 Å². The number of thiazole rings is 1. The molecule has 1 atom stereocenters. The molecule has 0 aliphatic heterocycles. The molecule has 1 heterocycles. The molecule has 1 unspecified atom stereocenters. The molecule has 96 valence electrons. The van der Waals surface area contributed by atoms with Crippen molar-refractivity contribution in [2.75, 3.05) is 13.7 Å². The average Bonchev–Trinajstić information content (AvgIpc) is 2.90. The van der Waals surface area contributed by atoms with Crippen LogP contribution in [0.4, 0.5) is 0 Å². The molecule has 1 aromatic heterocycles. The largest absolute Gasteiger partial charge is 0.496 e. The highest BCUT2D eigenvalue weighted by molar-refractivity contribution is 9.10. The normalized spacial score (nSPS) is 12.4. The van der Waals surface area contributed by atoms with Crippen molar-refractivity contribution in [2.45, 2.75) is 12.3 Å². The Kier molecular flexibility index (Phi) is 4.74. The van der Waals surface area contributed by atoms with Crippen molar-refractivity contribution in [1.29, 1.82) is 0 Å². The summed E-state index contributed by atoms with van der Waals surface area (Å²) in [5.41, 5.74) is 7.01. The van der Waals surface area contributed by atoms with Crippen molar-refractivity contribution in [2.24, 2.45) is 5.73 Å². The Morgan fingerprint density at radius 3 is 2.94 bits per heavy atom. The first-order chi connectivity index (χ1) is 8.74. The molecule has 0 aliphatic carbocycles. The third kappa shape index (κ3) is 3.10. The molecule has 0 saturated carbocycles. The lowest BCUT2D eigenvalue weighted by atomic mass is 9.99. The number of nitrogens with zero attached hydrogens (tertiary/aromatic N) is 1. The zero-order valence-electron chi connectivity index (χ0n) is 10.1. The van der Waals surface area contributed by atoms with E-state index in [1.165, 1.54) is 0 Å². The van der Waals surface area contributed by atoms with Crippen LogP contribution in [0.25, 0.3) is 0 Å². The smallest absolute Gasteiger partial charge is 0.122 e. The molecule has 0 radical (unpaired) electrons. The summed E-state index contributed by atoms with van der Waals surface area (Å²) in [7, 11) is 1.69. The number of nitrogens with two attached hydrogens (primary N) is 1. The Bertz CT molecular complexity index is 502. The van der Waals surface area contributed by atoms with Crippen LogP contribution >= 0.6 is 27.3 Å². The van der Waals surface area contributed by atoms with Crippen LogP contribution in [-0.2, 0) is 6.42 Å². The minimum atomic E-state index is 0.244. The van der Waals surface area contributed by atoms with Crippen molar-refractivity contribution in [3.63, 3.8) is 0 Å². The molecule has 2 N–H and O–H groups in total. The quantitative estimate of drug-likeness (QED) is 0.917. The standard InChI is InChI=1S/C13H15BrN2OS/c1-17-12-3-2-11(14)7-9(12)6-10(8-15)13-16-4-5-18-13/h2-5,7,10H,6,8,15H2,1H3. The molecular weight excluding hydrogens is 312 g/mol. The van der Waals surface area contributed by atoms with Gasteiger partial charge in [0.2, 0.25) is 0 Å². The van der Waals surface area contributed by atoms with Gasteiger partial charge < -0.3 is 10.5 Å². The van der Waals surface area contributed by atoms with Crippen LogP contribution in [-0.4, -0.2) is 18.6 Å². The van der Waals surface area contributed by atoms with Crippen LogP contribution in [0, 0.1) is 0 Å². The summed E-state index contributed by atoms with van der Waals surface area (Å²) < 4.78 is 6.43. The monoisotopic (exact) mass is 326 g/mol. The van der Waals surface area contributed by atoms with Gasteiger partial charge >= 0.3 is 0 Å². The summed E-state index contributed by atoms with van der Waals surface area (Å²) in [5, 5.41) is 3.07. The van der Waals surface area contributed by atoms with Gasteiger partial charge in [-0.15, -0.1) is 11.3 Å². The van der Waals surface area contributed by atoms with Gasteiger partial charge in [-0.2, -0.15) is 0 Å². The average molecular weight is 327 g/mol. The maximum Gasteiger partial charge on any atom is 0.122 e. The van der Waals surface area contributed by atoms with E-state index in [0.29, 0.717) is 6.54 Å². The molecular formula is C13H15BrN2OS. The highest BCUT2D eigenvalue weighted by atomic mass is 79.9. The highest BCUT2D eigenvalue weighted by Crippen LogP contribution is 2.29. The molecule has 18 heavy (non-hydrogen) atoms. The second-order valence-corrected chi connectivity index (χ2v) is 5.81. The Labute approximate surface area is 119 Å². The van der Waals surface area contributed by atoms with Gasteiger partial charge in [0, 0.05) is 28.5 Å². The van der Waals surface area contributed by atoms with Gasteiger partial charge in [-0.05, 0) is 30.2 Å². The second kappa shape index (κ2) is 6.31. The fourth-order valence-electron chi connectivity index (χ4n) is 1.88. The molecule has 3 nitrogen and oxygen atoms in total. The number of methoxy groups -OCH3 is 1. The van der Waals surface area contributed by atoms with Crippen LogP contribution in [0.2, 0.25) is 0 Å². The number of hydrogen-bond donors (Lipinski definition) is 1. The van der Waals surface area contributed by atoms with E-state index >= 15 is 0 Å². The summed E-state index contributed by atoms with van der Waals surface area (Å²) in [6.07, 6.45) is 2.66. The lowest BCUT2D eigenvalue weighted by molar-refractivity contribution is 0.408. The minimum Gasteiger partial charge on any atom is -0.496 e. The molecule has 5 heteroatoms. The van der Waals surface area contributed by atoms with E-state index in [1.807, 2.05) is 23.7 Å². The molecule has 0 fully saturated rings. The fourth-order valence-corrected chi connectivity index (χ4v) is 3.04. The van der Waals surface area contributed by atoms with Crippen molar-refractivity contribution in [3.05, 3.63) is 44.8 Å². The SMILES string of the molecule is COc1ccc(Br)cc1CC(CN)c1nccs1. The molecule has 0 saturated heterocycles. The van der Waals surface area contributed by atoms with Gasteiger partial charge in [0.05, 0.1) is 12.1 Å². The topological polar surface area (TPSA) is 48.1 Å². The predicted octanol–water partition coefficient (Wildman–Crippen LogP) is 3.20. The van der Waals surface area contributed by atoms with E-state index in [1.54, 1.807) is 18.4 Å². The van der Waals surface area contributed by atoms with E-state index in [0.717, 1.165) is 27.2 Å². The van der Waals surface area contributed by atoms with Gasteiger partial charge in [0.15, 0.2) is 0 Å². The van der Waals surface area contributed by atoms with Crippen LogP contribution in [0.15, 0.2) is 34.2 Å². The number of aromatic nitrogens is 1. The second-order valence-electron chi connectivity index (χ2n) is 3.96. The summed E-state index contributed by atoms with van der Waals surface area (Å²) >= 11 is 5.14. The van der Waals surface area contributed by atoms with Crippen LogP contribution in [0.1, 0.15) is 16.5 Å². The number of ether oxygens (including phenoxy) is 1. The fraction of sp³-hybridized carbons (Fsp3) is 0.308. The van der Waals surface area contributed by atoms with E-state index in [2.05, 4.69) is 27.0 Å². The van der Waals surface area contributed by atoms with Gasteiger partial charge in [0.1, 0.15) is 5.75 Å². The van der Waals surface area contributed by atoms with Crippen LogP contribution in [0.3, 0.4) is 0 Å². The summed E-state index contributed by atoms with van der Waals surface area (Å²) in [6, 6.07) is 6.02. The van der Waals surface area contributed by atoms with Gasteiger partial charge in [-0.1, -0.05) is 15.9 Å². The van der Waals surface area contributed by atoms with E-state index < -0.39 is 0 Å². The van der Waals surface area contributed by atoms with E-state index in [4.69, 9.17) is 10.5 Å². The number of hydrogen-bond acceptors (Lipinski definition) is 4. The molecule has 1 aromatic carbocycles. The van der Waals surface area contributed by atoms with Crippen molar-refractivity contribution < 1.29 is 4.74 Å². The number of benzene rings is 1. The van der Waals surface area contributed by atoms with Crippen molar-refractivity contribution >= 4 is 27.3 Å². The minimum absolute atomic E-state index is 0.244. The van der Waals surface area contributed by atoms with E-state index in [-0.39, 0.29) is 5.92 Å². The maximum atomic E-state index is 5.86. The summed E-state index contributed by atoms with van der Waals surface area (Å²) in [6.45, 7) is 0.586. The van der Waals surface area contributed by atoms with Gasteiger partial charge in [-0.25, -0.2) is 4.98 Å². The molecule has 0 spiro atoms. The zero-order chi connectivity index (χ0) is 13.0. The Balaban J connectivity index is 2.24. The summed E-state index contributed by atoms with van der Waals surface area (Å²) in [4.78, 5) is 4.35. The number of halogens is 1. The maximum absolute atomic E-state index is 5.86. The lowest BCUT2D eigenvalue weighted by Gasteiger charge is -2.15. The molecule has 2 aromatic rings. The molecule has 0 bridgehead atoms. The Morgan fingerprint density at radius 2 is 2.33 bits per heavy atom. The van der Waals surface area contributed by atoms with Crippen molar-refractivity contribution in [1.82, 2.24) is 4.98 Å². The summed E-state index contributed by atoms with van der Waals surface area (Å²) in [5.74, 6) is 1.14. The lowest BCUT2D eigenvalue weighted by Crippen LogP contribution is -2.15. The highest BCUT2D eigenvalue weighted by Gasteiger charge is 2.16. The first-order valence-electron chi connectivity index (χ1n) is 5.66. The van der Waals surface area contributed by atoms with E-state index in [9.17, 15) is 0 Å². The van der Waals surface area contributed by atoms with Crippen molar-refractivity contribution in [3.8, 4) is 5.75 Å². The first-order valence-corrected chi connectivity index (χ1v) is 7.33. The van der Waals surface area contributed by atoms with Crippen LogP contribution in [0.5, 0.6) is 5.75 Å². The third-order valence-electron chi connectivity index (χ3n) is 2.79. The molecule has 0 amide bonds. The molecule has 2 rings (SSSR count). The molecule has 0 aliphatic rings. The Hall–Kier alpha value is -0.910. The Morgan fingerprint density at radius 1 is 1.50 bits per heavy atom. The predicted molar refractivity (Wildman–Crippen MR) is 78.3 cm³/mol.